The number of rotatable bonds is 7. The summed E-state index contributed by atoms with van der Waals surface area (Å²) in [5.74, 6) is -2.38. The van der Waals surface area contributed by atoms with Gasteiger partial charge in [0.2, 0.25) is 0 Å². The van der Waals surface area contributed by atoms with Crippen molar-refractivity contribution in [1.29, 1.82) is 0 Å². The number of amides is 1. The molecule has 0 bridgehead atoms. The molecule has 1 aromatic rings. The van der Waals surface area contributed by atoms with Crippen LogP contribution in [0.5, 0.6) is 0 Å². The van der Waals surface area contributed by atoms with Crippen molar-refractivity contribution in [2.75, 3.05) is 23.7 Å². The molecule has 154 valence electrons. The largest absolute Gasteiger partial charge is 0.748 e. The molecule has 0 atom stereocenters. The Balaban J connectivity index is 1.81. The van der Waals surface area contributed by atoms with Crippen LogP contribution in [0.2, 0.25) is 0 Å². The molecule has 1 amide bonds. The Morgan fingerprint density at radius 1 is 1.17 bits per heavy atom. The number of nitrogens with zero attached hydrogens (tertiary/aromatic N) is 2. The molecule has 1 saturated heterocycles. The second-order valence-electron chi connectivity index (χ2n) is 6.00. The maximum absolute atomic E-state index is 12.3. The van der Waals surface area contributed by atoms with E-state index in [0.717, 1.165) is 32.3 Å². The number of carbonyl (C=O) groups excluding carboxylic acids is 2. The Morgan fingerprint density at radius 2 is 1.90 bits per heavy atom. The van der Waals surface area contributed by atoms with E-state index in [0.29, 0.717) is 6.54 Å². The molecule has 0 saturated carbocycles. The van der Waals surface area contributed by atoms with Gasteiger partial charge < -0.3 is 19.4 Å². The number of hydrogen-bond acceptors (Lipinski definition) is 10. The van der Waals surface area contributed by atoms with Crippen molar-refractivity contribution in [3.05, 3.63) is 46.4 Å². The third-order valence-electron chi connectivity index (χ3n) is 3.95. The standard InChI is InChI=1S/C17H16N2O6S4/c20-15(21)10-19-16(22)13(28-17(19)26)6-7-14-18(8-3-9-29(23,24)25)11-4-1-2-5-12(11)27-14/h1-2,4-7H,3,8-10H2,(H,20,21)(H,23,24,25)/p-2/b13-6-,14-7+. The van der Waals surface area contributed by atoms with Gasteiger partial charge in [0.1, 0.15) is 4.32 Å². The van der Waals surface area contributed by atoms with Gasteiger partial charge in [-0.05, 0) is 30.7 Å². The van der Waals surface area contributed by atoms with Crippen LogP contribution >= 0.6 is 35.7 Å². The second kappa shape index (κ2) is 8.88. The van der Waals surface area contributed by atoms with E-state index in [1.807, 2.05) is 29.2 Å². The number of carbonyl (C=O) groups is 2. The lowest BCUT2D eigenvalue weighted by molar-refractivity contribution is -0.305. The topological polar surface area (TPSA) is 121 Å². The van der Waals surface area contributed by atoms with Gasteiger partial charge in [-0.1, -0.05) is 47.9 Å². The summed E-state index contributed by atoms with van der Waals surface area (Å²) in [6, 6.07) is 7.52. The van der Waals surface area contributed by atoms with Gasteiger partial charge in [0.25, 0.3) is 5.91 Å². The van der Waals surface area contributed by atoms with Crippen molar-refractivity contribution in [2.45, 2.75) is 11.3 Å². The lowest BCUT2D eigenvalue weighted by Gasteiger charge is -2.20. The van der Waals surface area contributed by atoms with Crippen molar-refractivity contribution >= 4 is 67.7 Å². The van der Waals surface area contributed by atoms with Crippen LogP contribution in [0.1, 0.15) is 6.42 Å². The number of allylic oxidation sites excluding steroid dienone is 2. The predicted octanol–water partition coefficient (Wildman–Crippen LogP) is 0.870. The normalized spacial score (nSPS) is 19.5. The van der Waals surface area contributed by atoms with E-state index in [2.05, 4.69) is 0 Å². The monoisotopic (exact) mass is 470 g/mol. The number of hydrogen-bond donors (Lipinski definition) is 0. The van der Waals surface area contributed by atoms with Crippen molar-refractivity contribution in [2.24, 2.45) is 0 Å². The molecule has 0 aromatic heterocycles. The van der Waals surface area contributed by atoms with E-state index >= 15 is 0 Å². The summed E-state index contributed by atoms with van der Waals surface area (Å²) < 4.78 is 32.8. The molecule has 1 aromatic carbocycles. The number of thiocarbonyl (C=S) groups is 1. The SMILES string of the molecule is O=C([O-])CN1C(=O)/C(=C/C=C2/Sc3ccccc3N2CCCS(=O)(=O)[O-])SC1=S. The molecule has 1 fully saturated rings. The Morgan fingerprint density at radius 3 is 2.59 bits per heavy atom. The van der Waals surface area contributed by atoms with E-state index in [9.17, 15) is 27.7 Å². The quantitative estimate of drug-likeness (QED) is 0.322. The fourth-order valence-electron chi connectivity index (χ4n) is 2.73. The second-order valence-corrected chi connectivity index (χ2v) is 10.3. The van der Waals surface area contributed by atoms with Crippen LogP contribution in [0.25, 0.3) is 0 Å². The molecule has 2 aliphatic heterocycles. The molecular formula is C17H14N2O6S4-2. The highest BCUT2D eigenvalue weighted by molar-refractivity contribution is 8.26. The van der Waals surface area contributed by atoms with Gasteiger partial charge in [-0.25, -0.2) is 8.42 Å². The van der Waals surface area contributed by atoms with Gasteiger partial charge in [0, 0.05) is 17.2 Å². The highest BCUT2D eigenvalue weighted by atomic mass is 32.2. The summed E-state index contributed by atoms with van der Waals surface area (Å²) in [7, 11) is -4.30. The van der Waals surface area contributed by atoms with E-state index in [1.165, 1.54) is 11.8 Å². The van der Waals surface area contributed by atoms with Gasteiger partial charge in [-0.15, -0.1) is 0 Å². The van der Waals surface area contributed by atoms with Crippen molar-refractivity contribution in [3.8, 4) is 0 Å². The number of anilines is 1. The minimum absolute atomic E-state index is 0.142. The molecule has 0 N–H and O–H groups in total. The van der Waals surface area contributed by atoms with E-state index in [1.54, 1.807) is 12.2 Å². The Bertz CT molecular complexity index is 1030. The van der Waals surface area contributed by atoms with Crippen molar-refractivity contribution in [1.82, 2.24) is 4.90 Å². The zero-order chi connectivity index (χ0) is 21.2. The fraction of sp³-hybridized carbons (Fsp3) is 0.235. The van der Waals surface area contributed by atoms with Crippen LogP contribution in [-0.2, 0) is 19.7 Å². The summed E-state index contributed by atoms with van der Waals surface area (Å²) >= 11 is 7.49. The number of carboxylic acids is 1. The Hall–Kier alpha value is -1.86. The molecule has 3 rings (SSSR count). The van der Waals surface area contributed by atoms with Crippen LogP contribution in [0.15, 0.2) is 51.2 Å². The first-order valence-corrected chi connectivity index (χ1v) is 11.9. The Kier molecular flexibility index (Phi) is 6.69. The molecular weight excluding hydrogens is 456 g/mol. The summed E-state index contributed by atoms with van der Waals surface area (Å²) in [5, 5.41) is 11.5. The Labute approximate surface area is 181 Å². The van der Waals surface area contributed by atoms with E-state index in [4.69, 9.17) is 12.2 Å². The van der Waals surface area contributed by atoms with Crippen molar-refractivity contribution in [3.63, 3.8) is 0 Å². The molecule has 0 aliphatic carbocycles. The van der Waals surface area contributed by atoms with E-state index in [-0.39, 0.29) is 15.6 Å². The summed E-state index contributed by atoms with van der Waals surface area (Å²) in [4.78, 5) is 27.2. The third kappa shape index (κ3) is 5.39. The minimum atomic E-state index is -4.30. The van der Waals surface area contributed by atoms with Crippen LogP contribution in [0.3, 0.4) is 0 Å². The molecule has 2 heterocycles. The lowest BCUT2D eigenvalue weighted by atomic mass is 10.3. The van der Waals surface area contributed by atoms with Crippen LogP contribution in [-0.4, -0.2) is 52.9 Å². The number of thioether (sulfide) groups is 2. The van der Waals surface area contributed by atoms with Gasteiger partial charge in [0.15, 0.2) is 0 Å². The number of aliphatic carboxylic acids is 1. The molecule has 0 spiro atoms. The highest BCUT2D eigenvalue weighted by Gasteiger charge is 2.32. The van der Waals surface area contributed by atoms with Crippen LogP contribution in [0.4, 0.5) is 5.69 Å². The average molecular weight is 471 g/mol. The lowest BCUT2D eigenvalue weighted by Crippen LogP contribution is -2.40. The average Bonchev–Trinajstić information content (AvgIpc) is 3.11. The summed E-state index contributed by atoms with van der Waals surface area (Å²) in [6.07, 6.45) is 3.41. The van der Waals surface area contributed by atoms with Crippen LogP contribution in [0, 0.1) is 0 Å². The van der Waals surface area contributed by atoms with Crippen LogP contribution < -0.4 is 10.0 Å². The van der Waals surface area contributed by atoms with Gasteiger partial charge in [0.05, 0.1) is 38.3 Å². The smallest absolute Gasteiger partial charge is 0.266 e. The van der Waals surface area contributed by atoms with Gasteiger partial charge in [-0.2, -0.15) is 0 Å². The summed E-state index contributed by atoms with van der Waals surface area (Å²) in [5.41, 5.74) is 0.880. The van der Waals surface area contributed by atoms with Crippen molar-refractivity contribution < 1.29 is 27.7 Å². The molecule has 2 aliphatic rings. The predicted molar refractivity (Wildman–Crippen MR) is 112 cm³/mol. The number of para-hydroxylation sites is 1. The molecule has 0 radical (unpaired) electrons. The first kappa shape index (κ1) is 21.8. The third-order valence-corrected chi connectivity index (χ3v) is 7.27. The van der Waals surface area contributed by atoms with E-state index < -0.39 is 34.3 Å². The first-order valence-electron chi connectivity index (χ1n) is 8.29. The number of fused-ring (bicyclic) bond motifs is 1. The fourth-order valence-corrected chi connectivity index (χ4v) is 5.50. The maximum Gasteiger partial charge on any atom is 0.266 e. The molecule has 12 heteroatoms. The molecule has 0 unspecified atom stereocenters. The first-order chi connectivity index (χ1) is 13.7. The zero-order valence-corrected chi connectivity index (χ0v) is 18.0. The zero-order valence-electron chi connectivity index (χ0n) is 14.8. The maximum atomic E-state index is 12.3. The number of carboxylic acid groups (broad SMARTS) is 1. The highest BCUT2D eigenvalue weighted by Crippen LogP contribution is 2.46. The number of benzene rings is 1. The summed E-state index contributed by atoms with van der Waals surface area (Å²) in [6.45, 7) is -0.286. The van der Waals surface area contributed by atoms with Gasteiger partial charge in [-0.3, -0.25) is 9.69 Å². The van der Waals surface area contributed by atoms with Gasteiger partial charge >= 0.3 is 0 Å². The molecule has 8 nitrogen and oxygen atoms in total. The minimum Gasteiger partial charge on any atom is -0.748 e. The molecule has 29 heavy (non-hydrogen) atoms.